The van der Waals surface area contributed by atoms with Gasteiger partial charge in [0, 0.05) is 5.02 Å². The lowest BCUT2D eigenvalue weighted by atomic mass is 10.1. The second-order valence-corrected chi connectivity index (χ2v) is 7.28. The molecule has 90 valence electrons. The minimum Gasteiger partial charge on any atom is -0.330 e. The van der Waals surface area contributed by atoms with Crippen LogP contribution in [0.5, 0.6) is 0 Å². The molecule has 1 aromatic carbocycles. The Hall–Kier alpha value is -0.580. The van der Waals surface area contributed by atoms with Crippen LogP contribution in [0.3, 0.4) is 0 Å². The lowest BCUT2D eigenvalue weighted by molar-refractivity contribution is 0.530. The Bertz CT molecular complexity index is 451. The second-order valence-electron chi connectivity index (χ2n) is 4.26. The van der Waals surface area contributed by atoms with Crippen LogP contribution in [0.1, 0.15) is 20.3 Å². The zero-order valence-corrected chi connectivity index (χ0v) is 11.0. The Kier molecular flexibility index (Phi) is 3.99. The molecule has 0 unspecified atom stereocenters. The summed E-state index contributed by atoms with van der Waals surface area (Å²) in [5.74, 6) is 0. The summed E-state index contributed by atoms with van der Waals surface area (Å²) in [6.07, 6.45) is 0.429. The molecule has 0 fully saturated rings. The quantitative estimate of drug-likeness (QED) is 0.904. The van der Waals surface area contributed by atoms with Gasteiger partial charge in [0.2, 0.25) is 0 Å². The Morgan fingerprint density at radius 2 is 1.75 bits per heavy atom. The number of benzene rings is 1. The fourth-order valence-corrected chi connectivity index (χ4v) is 3.06. The molecular formula is C11H16ClNO2S. The molecule has 0 aliphatic rings. The van der Waals surface area contributed by atoms with Crippen LogP contribution >= 0.6 is 11.6 Å². The van der Waals surface area contributed by atoms with Crippen molar-refractivity contribution in [1.29, 1.82) is 0 Å². The molecule has 0 saturated carbocycles. The van der Waals surface area contributed by atoms with E-state index in [1.165, 1.54) is 12.1 Å². The normalized spacial score (nSPS) is 12.8. The monoisotopic (exact) mass is 261 g/mol. The highest BCUT2D eigenvalue weighted by Crippen LogP contribution is 2.28. The van der Waals surface area contributed by atoms with Crippen molar-refractivity contribution in [3.8, 4) is 0 Å². The molecule has 0 bridgehead atoms. The standard InChI is InChI=1S/C11H16ClNO2S/c1-11(2,7-8-13)16(14,15)10-5-3-9(12)4-6-10/h3-6H,7-8,13H2,1-2H3. The van der Waals surface area contributed by atoms with Crippen molar-refractivity contribution in [3.63, 3.8) is 0 Å². The van der Waals surface area contributed by atoms with Crippen molar-refractivity contribution >= 4 is 21.4 Å². The Morgan fingerprint density at radius 3 is 2.19 bits per heavy atom. The average Bonchev–Trinajstić information content (AvgIpc) is 2.18. The van der Waals surface area contributed by atoms with Gasteiger partial charge in [-0.15, -0.1) is 0 Å². The molecule has 0 aliphatic heterocycles. The van der Waals surface area contributed by atoms with Gasteiger partial charge in [-0.05, 0) is 51.1 Å². The first kappa shape index (κ1) is 13.5. The number of hydrogen-bond acceptors (Lipinski definition) is 3. The van der Waals surface area contributed by atoms with Crippen LogP contribution in [0.15, 0.2) is 29.2 Å². The fourth-order valence-electron chi connectivity index (χ4n) is 1.41. The van der Waals surface area contributed by atoms with Gasteiger partial charge in [-0.25, -0.2) is 8.42 Å². The van der Waals surface area contributed by atoms with Gasteiger partial charge in [-0.2, -0.15) is 0 Å². The fraction of sp³-hybridized carbons (Fsp3) is 0.455. The summed E-state index contributed by atoms with van der Waals surface area (Å²) < 4.78 is 23.7. The third kappa shape index (κ3) is 2.56. The van der Waals surface area contributed by atoms with Crippen LogP contribution in [0.25, 0.3) is 0 Å². The number of halogens is 1. The molecule has 5 heteroatoms. The summed E-state index contributed by atoms with van der Waals surface area (Å²) in [6, 6.07) is 6.20. The minimum atomic E-state index is -3.36. The van der Waals surface area contributed by atoms with E-state index in [1.54, 1.807) is 26.0 Å². The van der Waals surface area contributed by atoms with Crippen LogP contribution in [-0.2, 0) is 9.84 Å². The lowest BCUT2D eigenvalue weighted by Crippen LogP contribution is -2.34. The van der Waals surface area contributed by atoms with Gasteiger partial charge >= 0.3 is 0 Å². The molecule has 0 heterocycles. The van der Waals surface area contributed by atoms with E-state index in [4.69, 9.17) is 17.3 Å². The minimum absolute atomic E-state index is 0.287. The first-order valence-electron chi connectivity index (χ1n) is 5.01. The smallest absolute Gasteiger partial charge is 0.183 e. The highest BCUT2D eigenvalue weighted by molar-refractivity contribution is 7.92. The predicted molar refractivity (Wildman–Crippen MR) is 66.4 cm³/mol. The second kappa shape index (κ2) is 4.73. The summed E-state index contributed by atoms with van der Waals surface area (Å²) in [5.41, 5.74) is 5.43. The van der Waals surface area contributed by atoms with Gasteiger partial charge in [-0.3, -0.25) is 0 Å². The molecule has 0 amide bonds. The summed E-state index contributed by atoms with van der Waals surface area (Å²) in [4.78, 5) is 0.287. The first-order valence-corrected chi connectivity index (χ1v) is 6.87. The zero-order chi connectivity index (χ0) is 12.4. The molecule has 16 heavy (non-hydrogen) atoms. The van der Waals surface area contributed by atoms with E-state index in [2.05, 4.69) is 0 Å². The molecule has 2 N–H and O–H groups in total. The SMILES string of the molecule is CC(C)(CCN)S(=O)(=O)c1ccc(Cl)cc1. The zero-order valence-electron chi connectivity index (χ0n) is 9.40. The van der Waals surface area contributed by atoms with E-state index in [0.29, 0.717) is 18.0 Å². The first-order chi connectivity index (χ1) is 7.31. The predicted octanol–water partition coefficient (Wildman–Crippen LogP) is 2.24. The van der Waals surface area contributed by atoms with Crippen molar-refractivity contribution in [1.82, 2.24) is 0 Å². The maximum absolute atomic E-state index is 12.3. The highest BCUT2D eigenvalue weighted by atomic mass is 35.5. The molecule has 3 nitrogen and oxygen atoms in total. The van der Waals surface area contributed by atoms with Crippen molar-refractivity contribution in [2.24, 2.45) is 5.73 Å². The average molecular weight is 262 g/mol. The molecule has 0 aliphatic carbocycles. The Labute approximate surface area is 102 Å². The third-order valence-corrected chi connectivity index (χ3v) is 5.40. The highest BCUT2D eigenvalue weighted by Gasteiger charge is 2.34. The maximum atomic E-state index is 12.3. The van der Waals surface area contributed by atoms with Gasteiger partial charge in [-0.1, -0.05) is 11.6 Å². The third-order valence-electron chi connectivity index (χ3n) is 2.60. The van der Waals surface area contributed by atoms with Gasteiger partial charge in [0.25, 0.3) is 0 Å². The van der Waals surface area contributed by atoms with Crippen LogP contribution in [0.4, 0.5) is 0 Å². The van der Waals surface area contributed by atoms with Crippen LogP contribution in [-0.4, -0.2) is 19.7 Å². The molecule has 0 aromatic heterocycles. The Morgan fingerprint density at radius 1 is 1.25 bits per heavy atom. The summed E-state index contributed by atoms with van der Waals surface area (Å²) >= 11 is 5.72. The molecule has 0 atom stereocenters. The van der Waals surface area contributed by atoms with E-state index in [-0.39, 0.29) is 4.90 Å². The molecule has 0 radical (unpaired) electrons. The van der Waals surface area contributed by atoms with Crippen molar-refractivity contribution in [2.75, 3.05) is 6.54 Å². The van der Waals surface area contributed by atoms with Crippen LogP contribution in [0, 0.1) is 0 Å². The summed E-state index contributed by atoms with van der Waals surface area (Å²) in [5, 5.41) is 0.524. The van der Waals surface area contributed by atoms with Gasteiger partial charge in [0.1, 0.15) is 0 Å². The largest absolute Gasteiger partial charge is 0.330 e. The number of rotatable bonds is 4. The molecule has 0 spiro atoms. The van der Waals surface area contributed by atoms with E-state index in [0.717, 1.165) is 0 Å². The van der Waals surface area contributed by atoms with E-state index in [9.17, 15) is 8.42 Å². The molecule has 1 rings (SSSR count). The van der Waals surface area contributed by atoms with Crippen molar-refractivity contribution in [3.05, 3.63) is 29.3 Å². The number of nitrogens with two attached hydrogens (primary N) is 1. The maximum Gasteiger partial charge on any atom is 0.183 e. The van der Waals surface area contributed by atoms with Crippen LogP contribution < -0.4 is 5.73 Å². The van der Waals surface area contributed by atoms with Crippen molar-refractivity contribution in [2.45, 2.75) is 29.9 Å². The van der Waals surface area contributed by atoms with Crippen molar-refractivity contribution < 1.29 is 8.42 Å². The lowest BCUT2D eigenvalue weighted by Gasteiger charge is -2.24. The van der Waals surface area contributed by atoms with E-state index in [1.807, 2.05) is 0 Å². The van der Waals surface area contributed by atoms with Gasteiger partial charge in [0.05, 0.1) is 9.64 Å². The van der Waals surface area contributed by atoms with Gasteiger partial charge in [0.15, 0.2) is 9.84 Å². The van der Waals surface area contributed by atoms with Crippen LogP contribution in [0.2, 0.25) is 5.02 Å². The Balaban J connectivity index is 3.16. The van der Waals surface area contributed by atoms with E-state index < -0.39 is 14.6 Å². The summed E-state index contributed by atoms with van der Waals surface area (Å²) in [7, 11) is -3.36. The van der Waals surface area contributed by atoms with E-state index >= 15 is 0 Å². The molecular weight excluding hydrogens is 246 g/mol. The van der Waals surface area contributed by atoms with Gasteiger partial charge < -0.3 is 5.73 Å². The number of sulfone groups is 1. The molecule has 0 saturated heterocycles. The summed E-state index contributed by atoms with van der Waals surface area (Å²) in [6.45, 7) is 3.72. The topological polar surface area (TPSA) is 60.2 Å². The molecule has 1 aromatic rings. The number of hydrogen-bond donors (Lipinski definition) is 1.